The van der Waals surface area contributed by atoms with Crippen molar-refractivity contribution in [2.24, 2.45) is 7.05 Å². The molecule has 3 heterocycles. The van der Waals surface area contributed by atoms with E-state index in [0.717, 1.165) is 43.6 Å². The number of hydrogen-bond donors (Lipinski definition) is 1. The molecule has 2 aromatic heterocycles. The Kier molecular flexibility index (Phi) is 6.38. The maximum Gasteiger partial charge on any atom is 0.340 e. The van der Waals surface area contributed by atoms with E-state index >= 15 is 0 Å². The maximum atomic E-state index is 13.6. The second-order valence-electron chi connectivity index (χ2n) is 10.7. The second kappa shape index (κ2) is 9.75. The fourth-order valence-corrected chi connectivity index (χ4v) is 6.73. The zero-order valence-electron chi connectivity index (χ0n) is 23.4. The van der Waals surface area contributed by atoms with Gasteiger partial charge in [0.1, 0.15) is 5.75 Å². The molecule has 1 amide bonds. The van der Waals surface area contributed by atoms with Gasteiger partial charge in [-0.25, -0.2) is 4.79 Å². The molecule has 1 atom stereocenters. The van der Waals surface area contributed by atoms with Crippen LogP contribution in [-0.4, -0.2) is 52.7 Å². The van der Waals surface area contributed by atoms with Gasteiger partial charge in [0.05, 0.1) is 43.1 Å². The van der Waals surface area contributed by atoms with Gasteiger partial charge in [0.25, 0.3) is 0 Å². The number of ether oxygens (including phenoxy) is 2. The monoisotopic (exact) mass is 528 g/mol. The van der Waals surface area contributed by atoms with Crippen molar-refractivity contribution >= 4 is 39.4 Å². The van der Waals surface area contributed by atoms with Crippen molar-refractivity contribution in [2.45, 2.75) is 52.6 Å². The van der Waals surface area contributed by atoms with E-state index in [2.05, 4.69) is 39.9 Å². The van der Waals surface area contributed by atoms with Gasteiger partial charge in [0.2, 0.25) is 5.91 Å². The molecule has 2 aromatic carbocycles. The Balaban J connectivity index is 1.34. The average Bonchev–Trinajstić information content (AvgIpc) is 3.38. The van der Waals surface area contributed by atoms with Gasteiger partial charge in [-0.2, -0.15) is 0 Å². The normalized spacial score (nSPS) is 16.9. The second-order valence-corrected chi connectivity index (χ2v) is 10.7. The highest BCUT2D eigenvalue weighted by Gasteiger charge is 2.36. The van der Waals surface area contributed by atoms with Crippen LogP contribution in [-0.2, 0) is 29.5 Å². The summed E-state index contributed by atoms with van der Waals surface area (Å²) >= 11 is 0. The molecule has 39 heavy (non-hydrogen) atoms. The van der Waals surface area contributed by atoms with Crippen molar-refractivity contribution in [3.05, 3.63) is 58.4 Å². The Morgan fingerprint density at radius 2 is 1.90 bits per heavy atom. The predicted octanol–water partition coefficient (Wildman–Crippen LogP) is 5.27. The summed E-state index contributed by atoms with van der Waals surface area (Å²) in [5.74, 6) is -0.0103. The minimum absolute atomic E-state index is 0.121. The summed E-state index contributed by atoms with van der Waals surface area (Å²) in [4.78, 5) is 28.9. The van der Waals surface area contributed by atoms with Crippen LogP contribution in [0.2, 0.25) is 0 Å². The molecule has 4 aromatic rings. The van der Waals surface area contributed by atoms with E-state index in [9.17, 15) is 9.59 Å². The highest BCUT2D eigenvalue weighted by molar-refractivity contribution is 6.14. The predicted molar refractivity (Wildman–Crippen MR) is 153 cm³/mol. The molecule has 8 heteroatoms. The lowest BCUT2D eigenvalue weighted by molar-refractivity contribution is -0.118. The molecule has 0 bridgehead atoms. The van der Waals surface area contributed by atoms with Gasteiger partial charge < -0.3 is 23.9 Å². The number of hydrogen-bond acceptors (Lipinski definition) is 5. The van der Waals surface area contributed by atoms with Gasteiger partial charge >= 0.3 is 5.97 Å². The van der Waals surface area contributed by atoms with Gasteiger partial charge in [-0.1, -0.05) is 11.6 Å². The molecule has 8 nitrogen and oxygen atoms in total. The van der Waals surface area contributed by atoms with Crippen molar-refractivity contribution < 1.29 is 19.1 Å². The van der Waals surface area contributed by atoms with Crippen LogP contribution < -0.4 is 10.1 Å². The number of fused-ring (bicyclic) bond motifs is 4. The van der Waals surface area contributed by atoms with Crippen LogP contribution in [0, 0.1) is 13.8 Å². The lowest BCUT2D eigenvalue weighted by Crippen LogP contribution is -2.43. The number of aryl methyl sites for hydroxylation is 3. The Morgan fingerprint density at radius 1 is 1.10 bits per heavy atom. The summed E-state index contributed by atoms with van der Waals surface area (Å²) in [6.07, 6.45) is 3.24. The Morgan fingerprint density at radius 3 is 2.67 bits per heavy atom. The summed E-state index contributed by atoms with van der Waals surface area (Å²) in [5.41, 5.74) is 7.99. The maximum absolute atomic E-state index is 13.6. The van der Waals surface area contributed by atoms with Crippen molar-refractivity contribution in [1.82, 2.24) is 14.0 Å². The Bertz CT molecular complexity index is 1630. The number of benzene rings is 2. The first kappa shape index (κ1) is 25.5. The molecule has 1 N–H and O–H groups in total. The van der Waals surface area contributed by atoms with E-state index < -0.39 is 5.97 Å². The number of amides is 1. The quantitative estimate of drug-likeness (QED) is 0.345. The van der Waals surface area contributed by atoms with E-state index in [-0.39, 0.29) is 25.1 Å². The standard InChI is InChI=1S/C31H36N4O4/c1-6-39-31(37)27-19(3)33(4)23-12-13-25(38-5)29(28(23)27)32-26(36)17-34-14-15-35-22-11-10-18(2)16-21(22)20-8-7-9-24(34)30(20)35/h10-13,16,24H,6-9,14-15,17H2,1-5H3,(H,32,36)/t24-/m0/s1. The molecular formula is C31H36N4O4. The van der Waals surface area contributed by atoms with Crippen LogP contribution in [0.1, 0.15) is 58.7 Å². The third-order valence-corrected chi connectivity index (χ3v) is 8.57. The van der Waals surface area contributed by atoms with Crippen LogP contribution in [0.15, 0.2) is 30.3 Å². The molecule has 0 radical (unpaired) electrons. The van der Waals surface area contributed by atoms with Gasteiger partial charge in [0, 0.05) is 47.8 Å². The molecule has 2 aliphatic rings. The van der Waals surface area contributed by atoms with Crippen LogP contribution in [0.3, 0.4) is 0 Å². The smallest absolute Gasteiger partial charge is 0.340 e. The first-order chi connectivity index (χ1) is 18.8. The first-order valence-corrected chi connectivity index (χ1v) is 13.8. The third kappa shape index (κ3) is 4.00. The molecular weight excluding hydrogens is 492 g/mol. The average molecular weight is 529 g/mol. The molecule has 0 spiro atoms. The number of nitrogens with one attached hydrogen (secondary N) is 1. The minimum atomic E-state index is -0.404. The number of esters is 1. The molecule has 0 unspecified atom stereocenters. The summed E-state index contributed by atoms with van der Waals surface area (Å²) < 4.78 is 15.5. The van der Waals surface area contributed by atoms with Gasteiger partial charge in [-0.05, 0) is 69.9 Å². The fourth-order valence-electron chi connectivity index (χ4n) is 6.73. The zero-order valence-corrected chi connectivity index (χ0v) is 23.4. The zero-order chi connectivity index (χ0) is 27.4. The molecule has 1 aliphatic heterocycles. The van der Waals surface area contributed by atoms with E-state index in [1.807, 2.05) is 30.7 Å². The third-order valence-electron chi connectivity index (χ3n) is 8.57. The largest absolute Gasteiger partial charge is 0.495 e. The molecule has 0 saturated heterocycles. The van der Waals surface area contributed by atoms with Crippen LogP contribution >= 0.6 is 0 Å². The van der Waals surface area contributed by atoms with E-state index in [4.69, 9.17) is 9.47 Å². The summed E-state index contributed by atoms with van der Waals surface area (Å²) in [6, 6.07) is 10.7. The van der Waals surface area contributed by atoms with E-state index in [1.54, 1.807) is 14.0 Å². The topological polar surface area (TPSA) is 77.7 Å². The van der Waals surface area contributed by atoms with Crippen LogP contribution in [0.25, 0.3) is 21.8 Å². The lowest BCUT2D eigenvalue weighted by atomic mass is 9.89. The van der Waals surface area contributed by atoms with Gasteiger partial charge in [0.15, 0.2) is 0 Å². The van der Waals surface area contributed by atoms with E-state index in [0.29, 0.717) is 22.4 Å². The van der Waals surface area contributed by atoms with Crippen molar-refractivity contribution in [2.75, 3.05) is 32.1 Å². The molecule has 6 rings (SSSR count). The Labute approximate surface area is 228 Å². The van der Waals surface area contributed by atoms with Crippen molar-refractivity contribution in [1.29, 1.82) is 0 Å². The highest BCUT2D eigenvalue weighted by Crippen LogP contribution is 2.43. The van der Waals surface area contributed by atoms with E-state index in [1.165, 1.54) is 27.7 Å². The van der Waals surface area contributed by atoms with Crippen LogP contribution in [0.4, 0.5) is 5.69 Å². The summed E-state index contributed by atoms with van der Waals surface area (Å²) in [7, 11) is 3.48. The van der Waals surface area contributed by atoms with Gasteiger partial charge in [-0.15, -0.1) is 0 Å². The fraction of sp³-hybridized carbons (Fsp3) is 0.419. The summed E-state index contributed by atoms with van der Waals surface area (Å²) in [6.45, 7) is 8.04. The molecule has 1 aliphatic carbocycles. The number of anilines is 1. The highest BCUT2D eigenvalue weighted by atomic mass is 16.5. The number of methoxy groups -OCH3 is 1. The molecule has 0 fully saturated rings. The number of nitrogens with zero attached hydrogens (tertiary/aromatic N) is 3. The number of aromatic nitrogens is 2. The SMILES string of the molecule is CCOC(=O)c1c(C)n(C)c2ccc(OC)c(NC(=O)CN3CCn4c5c(c6cc(C)ccc64)CCC[C@@H]53)c12. The summed E-state index contributed by atoms with van der Waals surface area (Å²) in [5, 5.41) is 5.14. The Hall–Kier alpha value is -3.78. The van der Waals surface area contributed by atoms with Crippen LogP contribution in [0.5, 0.6) is 5.75 Å². The molecule has 0 saturated carbocycles. The van der Waals surface area contributed by atoms with Crippen molar-refractivity contribution in [3.63, 3.8) is 0 Å². The minimum Gasteiger partial charge on any atom is -0.495 e. The lowest BCUT2D eigenvalue weighted by Gasteiger charge is -2.39. The number of carbonyl (C=O) groups excluding carboxylic acids is 2. The molecule has 204 valence electrons. The van der Waals surface area contributed by atoms with Crippen molar-refractivity contribution in [3.8, 4) is 5.75 Å². The van der Waals surface area contributed by atoms with Gasteiger partial charge in [-0.3, -0.25) is 9.69 Å². The first-order valence-electron chi connectivity index (χ1n) is 13.8. The number of carbonyl (C=O) groups is 2. The number of rotatable bonds is 6.